The first-order chi connectivity index (χ1) is 12.5. The van der Waals surface area contributed by atoms with Crippen LogP contribution in [0.2, 0.25) is 0 Å². The molecule has 152 valence electrons. The topological polar surface area (TPSA) is 52.6 Å². The predicted octanol–water partition coefficient (Wildman–Crippen LogP) is 5.82. The van der Waals surface area contributed by atoms with Crippen molar-refractivity contribution in [3.05, 3.63) is 0 Å². The molecule has 1 fully saturated rings. The molecule has 0 saturated heterocycles. The van der Waals surface area contributed by atoms with Gasteiger partial charge in [-0.05, 0) is 39.5 Å². The van der Waals surface area contributed by atoms with E-state index in [1.807, 2.05) is 13.8 Å². The molecule has 0 bridgehead atoms. The molecule has 0 N–H and O–H groups in total. The smallest absolute Gasteiger partial charge is 0.309 e. The number of carbonyl (C=O) groups excluding carboxylic acids is 2. The van der Waals surface area contributed by atoms with Crippen molar-refractivity contribution >= 4 is 11.9 Å². The van der Waals surface area contributed by atoms with Gasteiger partial charge in [0.15, 0.2) is 0 Å². The summed E-state index contributed by atoms with van der Waals surface area (Å²) in [5, 5.41) is 0. The Morgan fingerprint density at radius 1 is 0.846 bits per heavy atom. The third-order valence-corrected chi connectivity index (χ3v) is 5.18. The van der Waals surface area contributed by atoms with E-state index in [0.717, 1.165) is 32.1 Å². The summed E-state index contributed by atoms with van der Waals surface area (Å²) >= 11 is 0. The van der Waals surface area contributed by atoms with Gasteiger partial charge in [-0.25, -0.2) is 0 Å². The lowest BCUT2D eigenvalue weighted by Gasteiger charge is -2.27. The number of carbonyl (C=O) groups is 2. The predicted molar refractivity (Wildman–Crippen MR) is 105 cm³/mol. The lowest BCUT2D eigenvalue weighted by Crippen LogP contribution is -2.30. The van der Waals surface area contributed by atoms with Crippen molar-refractivity contribution in [1.82, 2.24) is 0 Å². The lowest BCUT2D eigenvalue weighted by atomic mass is 9.81. The molecule has 4 heteroatoms. The van der Waals surface area contributed by atoms with Crippen molar-refractivity contribution in [3.63, 3.8) is 0 Å². The highest BCUT2D eigenvalue weighted by Gasteiger charge is 2.33. The molecule has 1 aliphatic rings. The Morgan fingerprint density at radius 3 is 1.96 bits per heavy atom. The van der Waals surface area contributed by atoms with Gasteiger partial charge in [0.25, 0.3) is 0 Å². The van der Waals surface area contributed by atoms with Crippen LogP contribution in [0.4, 0.5) is 0 Å². The van der Waals surface area contributed by atoms with Gasteiger partial charge in [-0.1, -0.05) is 64.7 Å². The van der Waals surface area contributed by atoms with Gasteiger partial charge in [-0.2, -0.15) is 0 Å². The molecule has 1 aliphatic carbocycles. The normalized spacial score (nSPS) is 20.2. The molecule has 4 nitrogen and oxygen atoms in total. The minimum absolute atomic E-state index is 0.0959. The zero-order valence-electron chi connectivity index (χ0n) is 17.3. The third-order valence-electron chi connectivity index (χ3n) is 5.18. The summed E-state index contributed by atoms with van der Waals surface area (Å²) in [5.41, 5.74) is 0. The van der Waals surface area contributed by atoms with Crippen LogP contribution >= 0.6 is 0 Å². The van der Waals surface area contributed by atoms with Crippen molar-refractivity contribution in [2.75, 3.05) is 6.61 Å². The third kappa shape index (κ3) is 10.2. The van der Waals surface area contributed by atoms with Crippen molar-refractivity contribution < 1.29 is 19.1 Å². The van der Waals surface area contributed by atoms with Gasteiger partial charge in [0.05, 0.1) is 24.5 Å². The number of esters is 2. The van der Waals surface area contributed by atoms with Crippen LogP contribution < -0.4 is 0 Å². The molecule has 1 saturated carbocycles. The maximum Gasteiger partial charge on any atom is 0.309 e. The first-order valence-corrected chi connectivity index (χ1v) is 10.9. The Kier molecular flexibility index (Phi) is 12.4. The summed E-state index contributed by atoms with van der Waals surface area (Å²) in [5.74, 6) is -0.550. The summed E-state index contributed by atoms with van der Waals surface area (Å²) in [7, 11) is 0. The van der Waals surface area contributed by atoms with Crippen molar-refractivity contribution in [2.24, 2.45) is 11.8 Å². The summed E-state index contributed by atoms with van der Waals surface area (Å²) in [6.45, 7) is 6.48. The van der Waals surface area contributed by atoms with Gasteiger partial charge in [-0.15, -0.1) is 0 Å². The van der Waals surface area contributed by atoms with E-state index in [4.69, 9.17) is 9.47 Å². The highest BCUT2D eigenvalue weighted by molar-refractivity contribution is 5.76. The van der Waals surface area contributed by atoms with E-state index >= 15 is 0 Å². The van der Waals surface area contributed by atoms with Gasteiger partial charge < -0.3 is 9.47 Å². The molecule has 0 radical (unpaired) electrons. The van der Waals surface area contributed by atoms with Gasteiger partial charge in [0.2, 0.25) is 0 Å². The largest absolute Gasteiger partial charge is 0.465 e. The average Bonchev–Trinajstić information content (AvgIpc) is 2.62. The van der Waals surface area contributed by atoms with Gasteiger partial charge in [0.1, 0.15) is 0 Å². The molecule has 0 aliphatic heterocycles. The Hall–Kier alpha value is -1.06. The van der Waals surface area contributed by atoms with Gasteiger partial charge in [0, 0.05) is 0 Å². The zero-order chi connectivity index (χ0) is 19.2. The van der Waals surface area contributed by atoms with E-state index < -0.39 is 0 Å². The van der Waals surface area contributed by atoms with Crippen LogP contribution in [0.5, 0.6) is 0 Å². The first-order valence-electron chi connectivity index (χ1n) is 10.9. The van der Waals surface area contributed by atoms with Crippen molar-refractivity contribution in [2.45, 2.75) is 110 Å². The second-order valence-corrected chi connectivity index (χ2v) is 8.04. The Morgan fingerprint density at radius 2 is 1.38 bits per heavy atom. The summed E-state index contributed by atoms with van der Waals surface area (Å²) in [6, 6.07) is 0. The molecule has 26 heavy (non-hydrogen) atoms. The summed E-state index contributed by atoms with van der Waals surface area (Å²) in [4.78, 5) is 24.3. The minimum atomic E-state index is -0.156. The second-order valence-electron chi connectivity index (χ2n) is 8.04. The van der Waals surface area contributed by atoms with E-state index in [1.165, 1.54) is 44.9 Å². The number of unbranched alkanes of at least 4 members (excludes halogenated alkanes) is 8. The van der Waals surface area contributed by atoms with E-state index in [9.17, 15) is 9.59 Å². The highest BCUT2D eigenvalue weighted by Crippen LogP contribution is 2.31. The van der Waals surface area contributed by atoms with Gasteiger partial charge >= 0.3 is 11.9 Å². The van der Waals surface area contributed by atoms with Crippen LogP contribution in [0.15, 0.2) is 0 Å². The van der Waals surface area contributed by atoms with Crippen molar-refractivity contribution in [1.29, 1.82) is 0 Å². The van der Waals surface area contributed by atoms with Crippen LogP contribution in [0, 0.1) is 11.8 Å². The first kappa shape index (κ1) is 23.0. The summed E-state index contributed by atoms with van der Waals surface area (Å²) < 4.78 is 10.8. The average molecular weight is 369 g/mol. The van der Waals surface area contributed by atoms with Crippen LogP contribution in [0.25, 0.3) is 0 Å². The molecule has 0 heterocycles. The molecule has 2 atom stereocenters. The number of hydrogen-bond donors (Lipinski definition) is 0. The molecule has 0 aromatic rings. The molecular weight excluding hydrogens is 328 g/mol. The SMILES string of the molecule is CCCCCCCCCCCOC(=O)C1CCCC(C(=O)OC(C)C)C1. The Bertz CT molecular complexity index is 392. The number of hydrogen-bond acceptors (Lipinski definition) is 4. The molecular formula is C22H40O4. The highest BCUT2D eigenvalue weighted by atomic mass is 16.5. The van der Waals surface area contributed by atoms with Crippen LogP contribution in [-0.4, -0.2) is 24.6 Å². The standard InChI is InChI=1S/C22H40O4/c1-4-5-6-7-8-9-10-11-12-16-25-21(23)19-14-13-15-20(17-19)22(24)26-18(2)3/h18-20H,4-17H2,1-3H3. The Balaban J connectivity index is 2.08. The number of ether oxygens (including phenoxy) is 2. The van der Waals surface area contributed by atoms with Crippen molar-refractivity contribution in [3.8, 4) is 0 Å². The molecule has 2 unspecified atom stereocenters. The fraction of sp³-hybridized carbons (Fsp3) is 0.909. The van der Waals surface area contributed by atoms with Gasteiger partial charge in [-0.3, -0.25) is 9.59 Å². The maximum atomic E-state index is 12.2. The quantitative estimate of drug-likeness (QED) is 0.304. The molecule has 0 amide bonds. The van der Waals surface area contributed by atoms with E-state index in [0.29, 0.717) is 13.0 Å². The van der Waals surface area contributed by atoms with Crippen LogP contribution in [-0.2, 0) is 19.1 Å². The van der Waals surface area contributed by atoms with E-state index in [2.05, 4.69) is 6.92 Å². The van der Waals surface area contributed by atoms with Crippen LogP contribution in [0.3, 0.4) is 0 Å². The summed E-state index contributed by atoms with van der Waals surface area (Å²) in [6.07, 6.45) is 14.4. The monoisotopic (exact) mass is 368 g/mol. The van der Waals surface area contributed by atoms with E-state index in [1.54, 1.807) is 0 Å². The molecule has 1 rings (SSSR count). The molecule has 0 aromatic carbocycles. The van der Waals surface area contributed by atoms with Crippen LogP contribution in [0.1, 0.15) is 104 Å². The lowest BCUT2D eigenvalue weighted by molar-refractivity contribution is -0.157. The molecule has 0 spiro atoms. The fourth-order valence-electron chi connectivity index (χ4n) is 3.65. The minimum Gasteiger partial charge on any atom is -0.465 e. The fourth-order valence-corrected chi connectivity index (χ4v) is 3.65. The zero-order valence-corrected chi connectivity index (χ0v) is 17.3. The Labute approximate surface area is 160 Å². The maximum absolute atomic E-state index is 12.2. The van der Waals surface area contributed by atoms with E-state index in [-0.39, 0.29) is 29.9 Å². The molecule has 0 aromatic heterocycles. The number of rotatable bonds is 13. The second kappa shape index (κ2) is 14.1.